The number of thiol groups is 1. The van der Waals surface area contributed by atoms with Crippen LogP contribution in [0, 0.1) is 0 Å². The molecule has 4 aromatic heterocycles. The van der Waals surface area contributed by atoms with Gasteiger partial charge in [0.15, 0.2) is 28.9 Å². The first kappa shape index (κ1) is 27.7. The number of nitrogens with one attached hydrogen (secondary N) is 1. The third-order valence-electron chi connectivity index (χ3n) is 7.92. The van der Waals surface area contributed by atoms with E-state index in [1.807, 2.05) is 0 Å². The fourth-order valence-corrected chi connectivity index (χ4v) is 8.26. The molecule has 0 spiro atoms. The van der Waals surface area contributed by atoms with Gasteiger partial charge in [0, 0.05) is 6.61 Å². The number of H-pyrrole nitrogens is 1. The normalized spacial score (nSPS) is 32.3. The van der Waals surface area contributed by atoms with Gasteiger partial charge in [0.1, 0.15) is 35.9 Å². The molecule has 0 saturated carbocycles. The Morgan fingerprint density at radius 2 is 1.93 bits per heavy atom. The molecule has 7 N–H and O–H groups in total. The zero-order chi connectivity index (χ0) is 29.4. The van der Waals surface area contributed by atoms with Crippen LogP contribution in [0.5, 0.6) is 0 Å². The Balaban J connectivity index is 1.15. The van der Waals surface area contributed by atoms with Crippen molar-refractivity contribution in [2.24, 2.45) is 0 Å². The maximum absolute atomic E-state index is 14.1. The maximum atomic E-state index is 14.1. The van der Waals surface area contributed by atoms with Gasteiger partial charge in [-0.3, -0.25) is 23.5 Å². The van der Waals surface area contributed by atoms with E-state index in [-0.39, 0.29) is 55.6 Å². The minimum Gasteiger partial charge on any atom is -0.396 e. The number of hydrogen-bond acceptors (Lipinski definition) is 15. The lowest BCUT2D eigenvalue weighted by molar-refractivity contribution is -0.182. The second kappa shape index (κ2) is 9.95. The van der Waals surface area contributed by atoms with Crippen molar-refractivity contribution in [3.8, 4) is 0 Å². The van der Waals surface area contributed by atoms with Crippen LogP contribution in [0.25, 0.3) is 22.3 Å². The van der Waals surface area contributed by atoms with Crippen LogP contribution in [0.15, 0.2) is 23.8 Å². The van der Waals surface area contributed by atoms with Crippen LogP contribution in [0.4, 0.5) is 11.8 Å². The predicted molar refractivity (Wildman–Crippen MR) is 147 cm³/mol. The Kier molecular flexibility index (Phi) is 6.55. The summed E-state index contributed by atoms with van der Waals surface area (Å²) < 4.78 is 41.4. The number of hydrogen-bond donors (Lipinski definition) is 6. The fraction of sp³-hybridized carbons (Fsp3) is 0.545. The number of aliphatic hydroxyl groups is 2. The van der Waals surface area contributed by atoms with Gasteiger partial charge in [-0.15, -0.1) is 0 Å². The number of rotatable bonds is 8. The Morgan fingerprint density at radius 1 is 1.17 bits per heavy atom. The van der Waals surface area contributed by atoms with Gasteiger partial charge in [0.05, 0.1) is 37.6 Å². The summed E-state index contributed by atoms with van der Waals surface area (Å²) in [7, 11) is 0. The minimum absolute atomic E-state index is 0.0210. The monoisotopic (exact) mass is 622 g/mol. The molecule has 18 nitrogen and oxygen atoms in total. The predicted octanol–water partition coefficient (Wildman–Crippen LogP) is -0.671. The summed E-state index contributed by atoms with van der Waals surface area (Å²) >= 11 is 4.47. The molecule has 1 unspecified atom stereocenters. The van der Waals surface area contributed by atoms with Crippen LogP contribution in [0.2, 0.25) is 0 Å². The summed E-state index contributed by atoms with van der Waals surface area (Å²) in [6.07, 6.45) is 0.383. The Labute approximate surface area is 241 Å². The van der Waals surface area contributed by atoms with Crippen molar-refractivity contribution in [1.82, 2.24) is 39.0 Å². The molecule has 3 saturated heterocycles. The maximum Gasteiger partial charge on any atom is 0.280 e. The van der Waals surface area contributed by atoms with Crippen LogP contribution >= 0.6 is 18.8 Å². The van der Waals surface area contributed by atoms with Crippen molar-refractivity contribution in [1.29, 1.82) is 0 Å². The zero-order valence-corrected chi connectivity index (χ0v) is 23.5. The molecule has 3 aliphatic rings. The van der Waals surface area contributed by atoms with E-state index in [2.05, 4.69) is 42.2 Å². The highest BCUT2D eigenvalue weighted by Gasteiger charge is 2.63. The van der Waals surface area contributed by atoms with E-state index in [1.54, 1.807) is 4.57 Å². The van der Waals surface area contributed by atoms with Gasteiger partial charge in [0.25, 0.3) is 12.1 Å². The summed E-state index contributed by atoms with van der Waals surface area (Å²) in [6.45, 7) is -4.37. The summed E-state index contributed by atoms with van der Waals surface area (Å²) in [5, 5.41) is 20.7. The molecule has 224 valence electrons. The van der Waals surface area contributed by atoms with Crippen molar-refractivity contribution in [2.75, 3.05) is 31.3 Å². The molecule has 0 amide bonds. The van der Waals surface area contributed by atoms with Crippen LogP contribution in [0.1, 0.15) is 25.3 Å². The van der Waals surface area contributed by atoms with Gasteiger partial charge >= 0.3 is 0 Å². The van der Waals surface area contributed by atoms with Crippen molar-refractivity contribution in [3.05, 3.63) is 29.3 Å². The lowest BCUT2D eigenvalue weighted by atomic mass is 10.0. The van der Waals surface area contributed by atoms with Gasteiger partial charge in [-0.2, -0.15) is 4.98 Å². The first-order valence-electron chi connectivity index (χ1n) is 13.0. The molecule has 7 rings (SSSR count). The van der Waals surface area contributed by atoms with Gasteiger partial charge in [-0.1, -0.05) is 12.2 Å². The standard InChI is InChI=1S/C22H27N10O8PS/c23-15-11-16(26-6-25-15)31(7-27-11)20-13-14(34)22(40-20,4-37-13)5-38-41(36,42)10-3-9(1-2-33)39-19(10)32-8-28-12-17(32)29-21(24)30-18(12)35/h6-10,13-14,19-20,33-34H,1-5H2,(H,36,42)(H2,23,25,26)(H3,24,29,30,35)/t9-,10-,13-,14+,19-,20-,22-,41?/m1/s1. The number of fused-ring (bicyclic) bond motifs is 4. The van der Waals surface area contributed by atoms with Crippen LogP contribution in [0.3, 0.4) is 0 Å². The summed E-state index contributed by atoms with van der Waals surface area (Å²) in [4.78, 5) is 35.4. The highest BCUT2D eigenvalue weighted by Crippen LogP contribution is 2.64. The topological polar surface area (TPSA) is 254 Å². The second-order valence-electron chi connectivity index (χ2n) is 10.5. The highest BCUT2D eigenvalue weighted by atomic mass is 32.7. The smallest absolute Gasteiger partial charge is 0.280 e. The number of anilines is 2. The molecular formula is C22H27N10O8PS. The summed E-state index contributed by atoms with van der Waals surface area (Å²) in [5.41, 5.74) is 9.82. The van der Waals surface area contributed by atoms with Crippen molar-refractivity contribution < 1.29 is 33.5 Å². The molecule has 3 aliphatic heterocycles. The molecule has 0 aliphatic carbocycles. The molecule has 42 heavy (non-hydrogen) atoms. The van der Waals surface area contributed by atoms with Crippen LogP contribution < -0.4 is 17.0 Å². The largest absolute Gasteiger partial charge is 0.396 e. The quantitative estimate of drug-likeness (QED) is 0.105. The van der Waals surface area contributed by atoms with E-state index >= 15 is 0 Å². The van der Waals surface area contributed by atoms with Gasteiger partial charge in [-0.05, 0) is 12.8 Å². The number of nitrogens with zero attached hydrogens (tertiary/aromatic N) is 7. The number of nitrogen functional groups attached to an aromatic ring is 2. The third kappa shape index (κ3) is 4.22. The molecule has 2 bridgehead atoms. The third-order valence-corrected chi connectivity index (χ3v) is 11.0. The molecule has 4 aromatic rings. The highest BCUT2D eigenvalue weighted by molar-refractivity contribution is 8.46. The molecule has 7 heterocycles. The number of aromatic amines is 1. The average molecular weight is 623 g/mol. The van der Waals surface area contributed by atoms with Gasteiger partial charge in [-0.25, -0.2) is 19.9 Å². The number of imidazole rings is 2. The van der Waals surface area contributed by atoms with E-state index in [1.165, 1.54) is 23.5 Å². The first-order valence-corrected chi connectivity index (χ1v) is 15.8. The fourth-order valence-electron chi connectivity index (χ4n) is 5.83. The van der Waals surface area contributed by atoms with Crippen molar-refractivity contribution in [2.45, 2.75) is 54.9 Å². The van der Waals surface area contributed by atoms with Crippen LogP contribution in [-0.2, 0) is 23.3 Å². The number of aromatic nitrogens is 8. The van der Waals surface area contributed by atoms with E-state index in [9.17, 15) is 19.6 Å². The van der Waals surface area contributed by atoms with E-state index in [4.69, 9.17) is 30.2 Å². The van der Waals surface area contributed by atoms with Gasteiger partial charge in [0.2, 0.25) is 5.95 Å². The summed E-state index contributed by atoms with van der Waals surface area (Å²) in [6, 6.07) is 0. The summed E-state index contributed by atoms with van der Waals surface area (Å²) in [5.74, 6) is 0.0658. The Bertz CT molecular complexity index is 1780. The van der Waals surface area contributed by atoms with E-state index in [0.29, 0.717) is 11.2 Å². The Morgan fingerprint density at radius 3 is 2.71 bits per heavy atom. The minimum atomic E-state index is -3.85. The lowest BCUT2D eigenvalue weighted by Gasteiger charge is -2.33. The van der Waals surface area contributed by atoms with Gasteiger partial charge < -0.3 is 40.4 Å². The lowest BCUT2D eigenvalue weighted by Crippen LogP contribution is -2.45. The molecule has 20 heteroatoms. The molecular weight excluding hydrogens is 595 g/mol. The number of ether oxygens (including phenoxy) is 3. The zero-order valence-electron chi connectivity index (χ0n) is 21.8. The molecule has 0 radical (unpaired) electrons. The second-order valence-corrected chi connectivity index (χ2v) is 14.2. The number of nitrogens with two attached hydrogens (primary N) is 2. The van der Waals surface area contributed by atoms with E-state index < -0.39 is 54.2 Å². The number of aliphatic hydroxyl groups excluding tert-OH is 2. The first-order chi connectivity index (χ1) is 20.1. The molecule has 8 atom stereocenters. The van der Waals surface area contributed by atoms with E-state index in [0.717, 1.165) is 0 Å². The SMILES string of the molecule is Nc1nc2c(ncn2[C@@H]2O[C@H](CCO)C[C@H]2P(=O)(S)OC[C@@]23CO[C@@H]([C@H](n4cnc5c(N)ncnc54)O2)[C@@H]3O)c(=O)[nH]1. The van der Waals surface area contributed by atoms with Crippen LogP contribution in [-0.4, -0.2) is 98.6 Å². The van der Waals surface area contributed by atoms with Crippen molar-refractivity contribution in [3.63, 3.8) is 0 Å². The molecule has 0 aromatic carbocycles. The van der Waals surface area contributed by atoms with Crippen molar-refractivity contribution >= 4 is 52.9 Å². The average Bonchev–Trinajstić information content (AvgIpc) is 3.76. The Hall–Kier alpha value is -3.16. The molecule has 3 fully saturated rings.